The van der Waals surface area contributed by atoms with Gasteiger partial charge in [0.1, 0.15) is 16.6 Å². The number of hydrogen-bond acceptors (Lipinski definition) is 7. The Kier molecular flexibility index (Phi) is 7.11. The van der Waals surface area contributed by atoms with Gasteiger partial charge in [-0.3, -0.25) is 0 Å². The van der Waals surface area contributed by atoms with E-state index in [1.165, 1.54) is 44.8 Å². The molecule has 1 aliphatic rings. The molecule has 0 aliphatic carbocycles. The van der Waals surface area contributed by atoms with Crippen LogP contribution in [0.4, 0.5) is 19.3 Å². The summed E-state index contributed by atoms with van der Waals surface area (Å²) >= 11 is 1.29. The Hall–Kier alpha value is -3.47. The first-order valence-corrected chi connectivity index (χ1v) is 11.4. The summed E-state index contributed by atoms with van der Waals surface area (Å²) in [4.78, 5) is 14.5. The van der Waals surface area contributed by atoms with Gasteiger partial charge in [-0.25, -0.2) is 13.6 Å². The molecule has 2 aromatic carbocycles. The molecule has 8 nitrogen and oxygen atoms in total. The molecule has 0 radical (unpaired) electrons. The number of anilines is 1. The third kappa shape index (κ3) is 4.89. The lowest BCUT2D eigenvalue weighted by molar-refractivity contribution is 0.194. The molecule has 2 heterocycles. The van der Waals surface area contributed by atoms with Crippen molar-refractivity contribution in [1.82, 2.24) is 15.1 Å². The van der Waals surface area contributed by atoms with Gasteiger partial charge >= 0.3 is 6.03 Å². The number of hydrogen-bond donors (Lipinski definition) is 1. The molecular weight excluding hydrogens is 466 g/mol. The molecule has 4 rings (SSSR count). The number of benzene rings is 2. The molecule has 1 saturated heterocycles. The quantitative estimate of drug-likeness (QED) is 0.528. The van der Waals surface area contributed by atoms with Crippen LogP contribution in [0.1, 0.15) is 23.8 Å². The van der Waals surface area contributed by atoms with Crippen LogP contribution in [0, 0.1) is 11.6 Å². The molecule has 1 fully saturated rings. The van der Waals surface area contributed by atoms with Gasteiger partial charge in [0.15, 0.2) is 16.5 Å². The van der Waals surface area contributed by atoms with Crippen molar-refractivity contribution in [3.05, 3.63) is 47.0 Å². The van der Waals surface area contributed by atoms with Crippen LogP contribution in [-0.4, -0.2) is 55.5 Å². The van der Waals surface area contributed by atoms with E-state index >= 15 is 0 Å². The van der Waals surface area contributed by atoms with E-state index in [2.05, 4.69) is 15.5 Å². The number of nitrogens with zero attached hydrogens (tertiary/aromatic N) is 3. The van der Waals surface area contributed by atoms with Crippen LogP contribution < -0.4 is 19.5 Å². The number of aromatic nitrogens is 2. The second-order valence-electron chi connectivity index (χ2n) is 7.68. The van der Waals surface area contributed by atoms with Crippen LogP contribution in [0.3, 0.4) is 0 Å². The number of urea groups is 1. The number of methoxy groups -OCH3 is 3. The first kappa shape index (κ1) is 23.7. The Morgan fingerprint density at radius 3 is 2.29 bits per heavy atom. The highest BCUT2D eigenvalue weighted by molar-refractivity contribution is 7.14. The Bertz CT molecular complexity index is 1160. The molecule has 3 aromatic rings. The second-order valence-corrected chi connectivity index (χ2v) is 8.68. The van der Waals surface area contributed by atoms with E-state index in [0.717, 1.165) is 11.1 Å². The Balaban J connectivity index is 1.39. The maximum absolute atomic E-state index is 14.1. The number of rotatable bonds is 6. The zero-order valence-corrected chi connectivity index (χ0v) is 19.7. The van der Waals surface area contributed by atoms with E-state index in [1.807, 2.05) is 0 Å². The standard InChI is InChI=1S/C23H24F2N4O4S/c1-31-18-11-15(12-19(32-2)20(18)33-3)26-23(30)29-8-6-13(7-9-29)21-27-28-22(34-21)16-5-4-14(24)10-17(16)25/h4-5,10-13H,6-9H2,1-3H3,(H,26,30). The summed E-state index contributed by atoms with van der Waals surface area (Å²) in [7, 11) is 4.54. The van der Waals surface area contributed by atoms with E-state index < -0.39 is 11.6 Å². The van der Waals surface area contributed by atoms with E-state index in [9.17, 15) is 13.6 Å². The minimum atomic E-state index is -0.666. The van der Waals surface area contributed by atoms with Gasteiger partial charge in [0.2, 0.25) is 5.75 Å². The van der Waals surface area contributed by atoms with Crippen LogP contribution in [0.5, 0.6) is 17.2 Å². The van der Waals surface area contributed by atoms with E-state index in [-0.39, 0.29) is 17.5 Å². The first-order valence-electron chi connectivity index (χ1n) is 10.6. The highest BCUT2D eigenvalue weighted by atomic mass is 32.1. The van der Waals surface area contributed by atoms with Crippen molar-refractivity contribution in [3.63, 3.8) is 0 Å². The van der Waals surface area contributed by atoms with E-state index in [0.29, 0.717) is 53.9 Å². The average Bonchev–Trinajstić information content (AvgIpc) is 3.33. The summed E-state index contributed by atoms with van der Waals surface area (Å²) in [5.41, 5.74) is 0.754. The van der Waals surface area contributed by atoms with Gasteiger partial charge in [0.05, 0.1) is 27.0 Å². The summed E-state index contributed by atoms with van der Waals surface area (Å²) in [6.45, 7) is 1.06. The number of piperidine rings is 1. The first-order chi connectivity index (χ1) is 16.4. The van der Waals surface area contributed by atoms with Crippen molar-refractivity contribution < 1.29 is 27.8 Å². The van der Waals surface area contributed by atoms with Gasteiger partial charge in [0, 0.05) is 42.8 Å². The normalized spacial score (nSPS) is 14.1. The van der Waals surface area contributed by atoms with Crippen molar-refractivity contribution in [2.45, 2.75) is 18.8 Å². The highest BCUT2D eigenvalue weighted by Crippen LogP contribution is 2.40. The van der Waals surface area contributed by atoms with Gasteiger partial charge in [-0.2, -0.15) is 0 Å². The molecule has 11 heteroatoms. The van der Waals surface area contributed by atoms with Gasteiger partial charge in [-0.15, -0.1) is 10.2 Å². The van der Waals surface area contributed by atoms with Gasteiger partial charge < -0.3 is 24.4 Å². The molecule has 34 heavy (non-hydrogen) atoms. The van der Waals surface area contributed by atoms with Crippen LogP contribution in [0.2, 0.25) is 0 Å². The van der Waals surface area contributed by atoms with Gasteiger partial charge in [-0.1, -0.05) is 11.3 Å². The minimum Gasteiger partial charge on any atom is -0.493 e. The third-order valence-electron chi connectivity index (χ3n) is 5.65. The van der Waals surface area contributed by atoms with Crippen molar-refractivity contribution in [1.29, 1.82) is 0 Å². The number of carbonyl (C=O) groups is 1. The minimum absolute atomic E-state index is 0.111. The summed E-state index contributed by atoms with van der Waals surface area (Å²) in [6.07, 6.45) is 1.40. The number of likely N-dealkylation sites (tertiary alicyclic amines) is 1. The maximum Gasteiger partial charge on any atom is 0.321 e. The molecule has 180 valence electrons. The smallest absolute Gasteiger partial charge is 0.321 e. The molecule has 0 spiro atoms. The lowest BCUT2D eigenvalue weighted by Gasteiger charge is -2.31. The van der Waals surface area contributed by atoms with E-state index in [4.69, 9.17) is 14.2 Å². The maximum atomic E-state index is 14.1. The fourth-order valence-corrected chi connectivity index (χ4v) is 4.90. The Morgan fingerprint density at radius 1 is 1.03 bits per heavy atom. The monoisotopic (exact) mass is 490 g/mol. The second kappa shape index (κ2) is 10.2. The van der Waals surface area contributed by atoms with Crippen molar-refractivity contribution >= 4 is 23.1 Å². The number of nitrogens with one attached hydrogen (secondary N) is 1. The van der Waals surface area contributed by atoms with Crippen LogP contribution in [0.15, 0.2) is 30.3 Å². The number of amides is 2. The molecule has 1 aromatic heterocycles. The largest absolute Gasteiger partial charge is 0.493 e. The predicted molar refractivity (Wildman–Crippen MR) is 124 cm³/mol. The lowest BCUT2D eigenvalue weighted by Crippen LogP contribution is -2.40. The lowest BCUT2D eigenvalue weighted by atomic mass is 9.98. The number of halogens is 2. The van der Waals surface area contributed by atoms with Gasteiger partial charge in [0.25, 0.3) is 0 Å². The molecule has 1 N–H and O–H groups in total. The molecule has 2 amide bonds. The Morgan fingerprint density at radius 2 is 1.71 bits per heavy atom. The van der Waals surface area contributed by atoms with Crippen LogP contribution in [-0.2, 0) is 0 Å². The van der Waals surface area contributed by atoms with E-state index in [1.54, 1.807) is 17.0 Å². The molecular formula is C23H24F2N4O4S. The molecule has 1 aliphatic heterocycles. The summed E-state index contributed by atoms with van der Waals surface area (Å²) in [5.74, 6) is 0.144. The number of ether oxygens (including phenoxy) is 3. The molecule has 0 bridgehead atoms. The number of carbonyl (C=O) groups excluding carboxylic acids is 1. The zero-order chi connectivity index (χ0) is 24.2. The summed E-state index contributed by atoms with van der Waals surface area (Å²) in [6, 6.07) is 6.50. The Labute approximate surface area is 199 Å². The van der Waals surface area contributed by atoms with Crippen LogP contribution in [0.25, 0.3) is 10.6 Å². The summed E-state index contributed by atoms with van der Waals surface area (Å²) < 4.78 is 43.2. The van der Waals surface area contributed by atoms with Crippen molar-refractivity contribution in [2.75, 3.05) is 39.7 Å². The fraction of sp³-hybridized carbons (Fsp3) is 0.348. The third-order valence-corrected chi connectivity index (χ3v) is 6.77. The zero-order valence-electron chi connectivity index (χ0n) is 18.9. The summed E-state index contributed by atoms with van der Waals surface area (Å²) in [5, 5.41) is 12.4. The molecule has 0 unspecified atom stereocenters. The topological polar surface area (TPSA) is 85.8 Å². The molecule has 0 atom stereocenters. The average molecular weight is 491 g/mol. The van der Waals surface area contributed by atoms with Crippen molar-refractivity contribution in [2.24, 2.45) is 0 Å². The van der Waals surface area contributed by atoms with Gasteiger partial charge in [-0.05, 0) is 25.0 Å². The van der Waals surface area contributed by atoms with Crippen LogP contribution >= 0.6 is 11.3 Å². The van der Waals surface area contributed by atoms with Crippen molar-refractivity contribution in [3.8, 4) is 27.8 Å². The fourth-order valence-electron chi connectivity index (χ4n) is 3.86. The highest BCUT2D eigenvalue weighted by Gasteiger charge is 2.27. The predicted octanol–water partition coefficient (Wildman–Crippen LogP) is 4.92. The SMILES string of the molecule is COc1cc(NC(=O)N2CCC(c3nnc(-c4ccc(F)cc4F)s3)CC2)cc(OC)c1OC. The molecule has 0 saturated carbocycles.